The summed E-state index contributed by atoms with van der Waals surface area (Å²) in [5.74, 6) is 1.90. The molecule has 1 fully saturated rings. The average Bonchev–Trinajstić information content (AvgIpc) is 1.38. The molecule has 11 heteroatoms. The van der Waals surface area contributed by atoms with Crippen molar-refractivity contribution in [3.63, 3.8) is 0 Å². The lowest BCUT2D eigenvalue weighted by atomic mass is 9.47. The molecule has 0 radical (unpaired) electrons. The molecule has 29 aromatic rings. The molecule has 96 heavy (non-hydrogen) atoms. The molecule has 0 bridgehead atoms. The van der Waals surface area contributed by atoms with Gasteiger partial charge in [0, 0.05) is 26.9 Å². The maximum absolute atomic E-state index is 7.22. The third-order valence-corrected chi connectivity index (χ3v) is 29.4. The van der Waals surface area contributed by atoms with E-state index in [1.165, 1.54) is 5.56 Å². The Morgan fingerprint density at radius 2 is 0.490 bits per heavy atom. The van der Waals surface area contributed by atoms with Gasteiger partial charge in [-0.05, 0) is 325 Å². The van der Waals surface area contributed by atoms with E-state index in [-0.39, 0.29) is 30.0 Å². The van der Waals surface area contributed by atoms with Gasteiger partial charge in [0.05, 0.1) is 90.9 Å². The van der Waals surface area contributed by atoms with E-state index < -0.39 is 10.8 Å². The molecule has 29 aromatic carbocycles. The fraction of sp³-hybridized carbons (Fsp3) is 0.247. The van der Waals surface area contributed by atoms with Crippen LogP contribution in [0, 0.1) is 0 Å². The van der Waals surface area contributed by atoms with Crippen molar-refractivity contribution >= 4 is 291 Å². The van der Waals surface area contributed by atoms with Gasteiger partial charge < -0.3 is 71.1 Å². The first-order valence-electron chi connectivity index (χ1n) is 34.9. The summed E-state index contributed by atoms with van der Waals surface area (Å²) in [4.78, 5) is 0. The lowest BCUT2D eigenvalue weighted by molar-refractivity contribution is -0.911. The van der Waals surface area contributed by atoms with E-state index in [2.05, 4.69) is 26.2 Å². The molecule has 1 atom stereocenters. The second kappa shape index (κ2) is 12.8. The Kier molecular flexibility index (Phi) is 6.21. The molecule has 2 spiro atoms. The van der Waals surface area contributed by atoms with Crippen LogP contribution in [-0.2, 0) is 39.3 Å². The minimum Gasteiger partial charge on any atom is -1.00 e. The van der Waals surface area contributed by atoms with Gasteiger partial charge in [-0.2, -0.15) is 0 Å². The van der Waals surface area contributed by atoms with Crippen molar-refractivity contribution in [2.24, 2.45) is 0 Å². The van der Waals surface area contributed by atoms with Crippen molar-refractivity contribution in [1.82, 2.24) is 0 Å². The standard InChI is InChI=1S/C85H44NO9.HI/c1-86(2)20-84-78-70-62-52-42-34-26-24-25-28-32-30(26)38-46-40(32)50-44-36(28)37-29(25)33-31-27(24)35(34)43-49-39(31)47-41(33)51-45(37)55-54(44)66-60(50)68-58(46)64(56(62)48(38)42)72(78)74(68)80-76(66)77-67(55)61(51)69-59(47)65-57(49)63(53(43)52)71(70)79(84)73(65)75(69)81(77)85(80,84)83(86)21-18-22(93-15-12-90-9-6-87-3)82(95-17-14-92-11-8-89-5)23(19-21)94-16-13-91-10-7-88-4;/h18-19,83H,6-17,20H2,1-5H3;1H/q+1;/p-1. The zero-order valence-electron chi connectivity index (χ0n) is 52.4. The van der Waals surface area contributed by atoms with Crippen LogP contribution >= 0.6 is 0 Å². The van der Waals surface area contributed by atoms with Gasteiger partial charge in [-0.25, -0.2) is 0 Å². The first-order valence-corrected chi connectivity index (χ1v) is 34.9. The number of ether oxygens (including phenoxy) is 9. The number of nitrogens with zero attached hydrogens (tertiary/aromatic N) is 1. The predicted molar refractivity (Wildman–Crippen MR) is 385 cm³/mol. The first kappa shape index (κ1) is 46.6. The van der Waals surface area contributed by atoms with E-state index in [4.69, 9.17) is 42.6 Å². The molecule has 10 nitrogen and oxygen atoms in total. The molecule has 0 aromatic heterocycles. The monoisotopic (exact) mass is 1350 g/mol. The lowest BCUT2D eigenvalue weighted by Crippen LogP contribution is -3.00. The van der Waals surface area contributed by atoms with Crippen molar-refractivity contribution in [3.05, 3.63) is 39.9 Å². The van der Waals surface area contributed by atoms with Crippen LogP contribution in [0.2, 0.25) is 0 Å². The molecular formula is C85H44INO9. The minimum atomic E-state index is -0.583. The van der Waals surface area contributed by atoms with Crippen LogP contribution < -0.4 is 38.2 Å². The summed E-state index contributed by atoms with van der Waals surface area (Å²) < 4.78 is 57.0. The van der Waals surface area contributed by atoms with Crippen LogP contribution in [0.3, 0.4) is 0 Å². The highest BCUT2D eigenvalue weighted by molar-refractivity contribution is 6.82. The van der Waals surface area contributed by atoms with Crippen LogP contribution in [-0.4, -0.2) is 126 Å². The molecule has 450 valence electrons. The van der Waals surface area contributed by atoms with Crippen LogP contribution in [0.15, 0.2) is 12.1 Å². The SMILES string of the molecule is COCCOCCOc1cc(C2C34c5c6c7c8c9c%10c(c%11c%12c3c3c5c5c%13c6c6c7c7c9c9c%14c%10c%10c%11c%11c%12c%12c3c3c5c5c%13c%13c6c6c7c9c7c9c%14c%10c%10c%11c%11c%12c3c3c5c5c%13c6c7c6c9c%10c%11c3c56)C84C[N+]2(C)C)cc(OCCOCCOC)c1OCCOCCOC.[I-]. The Morgan fingerprint density at radius 3 is 0.729 bits per heavy atom. The van der Waals surface area contributed by atoms with E-state index in [1.807, 2.05) is 0 Å². The maximum atomic E-state index is 7.22. The zero-order valence-corrected chi connectivity index (χ0v) is 54.6. The van der Waals surface area contributed by atoms with Crippen LogP contribution in [0.1, 0.15) is 33.9 Å². The third kappa shape index (κ3) is 3.36. The molecule has 34 rings (SSSR count). The van der Waals surface area contributed by atoms with Crippen molar-refractivity contribution in [3.8, 4) is 17.2 Å². The number of likely N-dealkylation sites (tertiary alicyclic amines) is 1. The summed E-state index contributed by atoms with van der Waals surface area (Å²) in [5, 5.41) is 86.9. The van der Waals surface area contributed by atoms with Crippen molar-refractivity contribution in [2.45, 2.75) is 16.9 Å². The summed E-state index contributed by atoms with van der Waals surface area (Å²) in [7, 11) is 10.4. The molecule has 4 aliphatic carbocycles. The number of hydrogen-bond acceptors (Lipinski definition) is 9. The second-order valence-electron chi connectivity index (χ2n) is 32.0. The largest absolute Gasteiger partial charge is 1.00 e. The Bertz CT molecular complexity index is 7870. The number of rotatable bonds is 22. The quantitative estimate of drug-likeness (QED) is 0.0285. The smallest absolute Gasteiger partial charge is 0.203 e. The molecule has 0 amide bonds. The predicted octanol–water partition coefficient (Wildman–Crippen LogP) is 15.3. The summed E-state index contributed by atoms with van der Waals surface area (Å²) in [6.07, 6.45) is 0. The third-order valence-electron chi connectivity index (χ3n) is 29.4. The fourth-order valence-electron chi connectivity index (χ4n) is 28.6. The number of halogens is 1. The van der Waals surface area contributed by atoms with E-state index in [0.717, 1.165) is 11.0 Å². The maximum Gasteiger partial charge on any atom is 0.203 e. The first-order chi connectivity index (χ1) is 47.0. The van der Waals surface area contributed by atoms with Gasteiger partial charge in [-0.15, -0.1) is 0 Å². The van der Waals surface area contributed by atoms with E-state index >= 15 is 0 Å². The van der Waals surface area contributed by atoms with Gasteiger partial charge in [-0.3, -0.25) is 0 Å². The zero-order chi connectivity index (χ0) is 59.8. The highest BCUT2D eigenvalue weighted by atomic mass is 127. The molecule has 1 heterocycles. The van der Waals surface area contributed by atoms with Crippen molar-refractivity contribution in [2.75, 3.05) is 121 Å². The number of hydrogen-bond donors (Lipinski definition) is 0. The molecular weight excluding hydrogens is 1310 g/mol. The second-order valence-corrected chi connectivity index (χ2v) is 32.0. The van der Waals surface area contributed by atoms with Crippen LogP contribution in [0.4, 0.5) is 0 Å². The molecule has 0 saturated carbocycles. The molecule has 1 saturated heterocycles. The Balaban J connectivity index is 0.00000489. The van der Waals surface area contributed by atoms with Gasteiger partial charge >= 0.3 is 0 Å². The van der Waals surface area contributed by atoms with Crippen LogP contribution in [0.5, 0.6) is 17.2 Å². The summed E-state index contributed by atoms with van der Waals surface area (Å²) >= 11 is 0. The number of likely N-dealkylation sites (N-methyl/N-ethyl adjacent to an activating group) is 1. The van der Waals surface area contributed by atoms with Crippen molar-refractivity contribution < 1.29 is 71.1 Å². The number of methoxy groups -OCH3 is 3. The highest BCUT2D eigenvalue weighted by Crippen LogP contribution is 2.87. The fourth-order valence-corrected chi connectivity index (χ4v) is 28.6. The Labute approximate surface area is 553 Å². The molecule has 1 unspecified atom stereocenters. The van der Waals surface area contributed by atoms with Gasteiger partial charge in [0.2, 0.25) is 5.75 Å². The molecule has 1 aliphatic heterocycles. The van der Waals surface area contributed by atoms with Gasteiger partial charge in [0.25, 0.3) is 0 Å². The Hall–Kier alpha value is -8.47. The summed E-state index contributed by atoms with van der Waals surface area (Å²) in [6.45, 7) is 6.00. The normalized spacial score (nSPS) is 20.8. The van der Waals surface area contributed by atoms with Crippen LogP contribution in [0.25, 0.3) is 291 Å². The van der Waals surface area contributed by atoms with E-state index in [1.54, 1.807) is 334 Å². The molecule has 5 aliphatic rings. The highest BCUT2D eigenvalue weighted by Gasteiger charge is 2.80. The number of quaternary nitrogens is 1. The number of benzene rings is 19. The Morgan fingerprint density at radius 1 is 0.281 bits per heavy atom. The van der Waals surface area contributed by atoms with Gasteiger partial charge in [-0.1, -0.05) is 0 Å². The summed E-state index contributed by atoms with van der Waals surface area (Å²) in [6, 6.07) is 4.70. The minimum absolute atomic E-state index is 0. The summed E-state index contributed by atoms with van der Waals surface area (Å²) in [5.41, 5.74) is 6.84. The lowest BCUT2D eigenvalue weighted by Gasteiger charge is -2.49. The van der Waals surface area contributed by atoms with Gasteiger partial charge in [0.15, 0.2) is 11.5 Å². The average molecular weight is 1350 g/mol. The van der Waals surface area contributed by atoms with E-state index in [9.17, 15) is 0 Å². The molecule has 0 N–H and O–H groups in total. The van der Waals surface area contributed by atoms with Crippen molar-refractivity contribution in [1.29, 1.82) is 0 Å². The van der Waals surface area contributed by atoms with E-state index in [0.29, 0.717) is 96.5 Å². The van der Waals surface area contributed by atoms with Gasteiger partial charge in [0.1, 0.15) is 25.9 Å². The topological polar surface area (TPSA) is 83.1 Å².